The summed E-state index contributed by atoms with van der Waals surface area (Å²) in [6.07, 6.45) is 1.15. The zero-order valence-electron chi connectivity index (χ0n) is 60.0. The van der Waals surface area contributed by atoms with Gasteiger partial charge in [-0.2, -0.15) is 0 Å². The predicted octanol–water partition coefficient (Wildman–Crippen LogP) is 15.3. The van der Waals surface area contributed by atoms with Crippen molar-refractivity contribution in [2.75, 3.05) is 96.4 Å². The fourth-order valence-electron chi connectivity index (χ4n) is 8.02. The Hall–Kier alpha value is -6.56. The molecule has 0 atom stereocenters. The molecule has 0 radical (unpaired) electrons. The lowest BCUT2D eigenvalue weighted by atomic mass is 9.87. The molecule has 15 nitrogen and oxygen atoms in total. The number of likely N-dealkylation sites (N-methyl/N-ethyl adjacent to an activating group) is 2. The van der Waals surface area contributed by atoms with Crippen molar-refractivity contribution in [1.82, 2.24) is 15.1 Å². The fourth-order valence-corrected chi connectivity index (χ4v) is 8.58. The molecular formula is C73H117N8O7S+. The molecule has 5 N–H and O–H groups in total. The number of hydrogen-bond donors (Lipinski definition) is 5. The first-order chi connectivity index (χ1) is 40.4. The number of sulfonamides is 1. The number of rotatable bonds is 13. The fraction of sp³-hybridized carbons (Fsp3) is 0.521. The summed E-state index contributed by atoms with van der Waals surface area (Å²) in [7, 11) is 12.9. The Bertz CT molecular complexity index is 3220. The Balaban J connectivity index is 0.000000535. The summed E-state index contributed by atoms with van der Waals surface area (Å²) in [6.45, 7) is 42.7. The first-order valence-electron chi connectivity index (χ1n) is 30.6. The van der Waals surface area contributed by atoms with E-state index in [4.69, 9.17) is 8.83 Å². The molecular weight excluding hydrogens is 1130 g/mol. The highest BCUT2D eigenvalue weighted by Crippen LogP contribution is 2.29. The average Bonchev–Trinajstić information content (AvgIpc) is 1.80. The maximum atomic E-state index is 11.6. The van der Waals surface area contributed by atoms with E-state index in [-0.39, 0.29) is 50.2 Å². The summed E-state index contributed by atoms with van der Waals surface area (Å²) in [5.41, 5.74) is 8.55. The van der Waals surface area contributed by atoms with E-state index in [0.29, 0.717) is 18.8 Å². The quantitative estimate of drug-likeness (QED) is 0.0699. The van der Waals surface area contributed by atoms with Crippen molar-refractivity contribution in [3.8, 4) is 0 Å². The van der Waals surface area contributed by atoms with Gasteiger partial charge in [-0.15, -0.1) is 0 Å². The molecule has 0 aliphatic carbocycles. The molecule has 6 rings (SSSR count). The van der Waals surface area contributed by atoms with Crippen LogP contribution in [0.4, 0.5) is 22.7 Å². The second kappa shape index (κ2) is 34.6. The van der Waals surface area contributed by atoms with Crippen LogP contribution in [-0.4, -0.2) is 116 Å². The molecule has 0 unspecified atom stereocenters. The van der Waals surface area contributed by atoms with Gasteiger partial charge < -0.3 is 44.4 Å². The van der Waals surface area contributed by atoms with E-state index in [1.807, 2.05) is 106 Å². The maximum Gasteiger partial charge on any atom is 0.238 e. The van der Waals surface area contributed by atoms with Crippen LogP contribution in [0.25, 0.3) is 0 Å². The van der Waals surface area contributed by atoms with Crippen molar-refractivity contribution in [3.05, 3.63) is 167 Å². The average molecular weight is 1250 g/mol. The standard InChI is InChI=1S/C14H22N2O.C13H20N2O.C12H22NO.C12H17NO.C11H17NO2S.C11H19NO/c1-14(2,3)11-7-6-8-12(9-11)15-13(17)10-16(4)5;1-13(2,3)10-6-5-7-11(8-10)15-12(16)9-14-4;1-12(2,3)11-8-7-10(14-11)9-13(4,5)6;1-9(14)13-11-7-5-6-10(8-11)12(2,3)4;1-11(2,3)9-6-5-7-10(8-9)12-15(4,13)14;1-11(2,3)10-7-6-9(13-10)8-12(4)5/h6-9H,10H2,1-5H3,(H,15,17);5-8,14H,9H2,1-4H3,(H,15,16);7-8H,9H2,1-6H3;5-8H,1-4H3,(H,13,14);5-8,12H,1-4H3;6-7H,8H2,1-5H3/q;;+1;;;. The van der Waals surface area contributed by atoms with Crippen LogP contribution in [0, 0.1) is 0 Å². The number of nitrogens with zero attached hydrogens (tertiary/aromatic N) is 3. The Morgan fingerprint density at radius 3 is 1.10 bits per heavy atom. The molecule has 6 aromatic rings. The number of quaternary nitrogens is 1. The Morgan fingerprint density at radius 1 is 0.461 bits per heavy atom. The lowest BCUT2D eigenvalue weighted by Crippen LogP contribution is -2.33. The molecule has 0 aliphatic rings. The lowest BCUT2D eigenvalue weighted by Gasteiger charge is -2.22. The summed E-state index contributed by atoms with van der Waals surface area (Å²) in [5, 5.41) is 11.4. The van der Waals surface area contributed by atoms with E-state index in [2.05, 4.69) is 219 Å². The van der Waals surface area contributed by atoms with E-state index in [9.17, 15) is 22.8 Å². The van der Waals surface area contributed by atoms with Gasteiger partial charge in [0.25, 0.3) is 0 Å². The number of anilines is 4. The molecule has 0 fully saturated rings. The van der Waals surface area contributed by atoms with Gasteiger partial charge in [0, 0.05) is 40.5 Å². The normalized spacial score (nSPS) is 12.0. The summed E-state index contributed by atoms with van der Waals surface area (Å²) in [4.78, 5) is 37.8. The minimum Gasteiger partial charge on any atom is -0.464 e. The van der Waals surface area contributed by atoms with Crippen LogP contribution in [-0.2, 0) is 70.0 Å². The van der Waals surface area contributed by atoms with Crippen molar-refractivity contribution < 1.29 is 36.1 Å². The highest BCUT2D eigenvalue weighted by atomic mass is 32.2. The topological polar surface area (TPSA) is 178 Å². The van der Waals surface area contributed by atoms with Gasteiger partial charge in [0.05, 0.1) is 47.0 Å². The number of benzene rings is 4. The molecule has 0 bridgehead atoms. The summed E-state index contributed by atoms with van der Waals surface area (Å²) >= 11 is 0. The van der Waals surface area contributed by atoms with Gasteiger partial charge in [0.15, 0.2) is 5.76 Å². The minimum absolute atomic E-state index is 0.0149. The third kappa shape index (κ3) is 35.4. The van der Waals surface area contributed by atoms with Crippen molar-refractivity contribution >= 4 is 50.5 Å². The highest BCUT2D eigenvalue weighted by molar-refractivity contribution is 7.92. The van der Waals surface area contributed by atoms with Gasteiger partial charge in [0.2, 0.25) is 27.7 Å². The van der Waals surface area contributed by atoms with Crippen LogP contribution in [0.3, 0.4) is 0 Å². The molecule has 16 heteroatoms. The van der Waals surface area contributed by atoms with Crippen LogP contribution in [0.5, 0.6) is 0 Å². The molecule has 0 spiro atoms. The molecule has 3 amide bonds. The van der Waals surface area contributed by atoms with Crippen LogP contribution < -0.4 is 26.0 Å². The van der Waals surface area contributed by atoms with Gasteiger partial charge in [-0.05, 0) is 152 Å². The molecule has 0 saturated carbocycles. The second-order valence-corrected chi connectivity index (χ2v) is 32.2. The molecule has 89 heavy (non-hydrogen) atoms. The number of amides is 3. The Morgan fingerprint density at radius 2 is 0.798 bits per heavy atom. The monoisotopic (exact) mass is 1250 g/mol. The lowest BCUT2D eigenvalue weighted by molar-refractivity contribution is -0.884. The van der Waals surface area contributed by atoms with E-state index in [1.54, 1.807) is 13.1 Å². The number of furan rings is 2. The molecule has 4 aromatic carbocycles. The number of hydrogen-bond acceptors (Lipinski definition) is 10. The smallest absolute Gasteiger partial charge is 0.238 e. The first-order valence-corrected chi connectivity index (χ1v) is 32.5. The van der Waals surface area contributed by atoms with Gasteiger partial charge in [0.1, 0.15) is 23.8 Å². The van der Waals surface area contributed by atoms with Crippen LogP contribution >= 0.6 is 0 Å². The molecule has 2 heterocycles. The second-order valence-electron chi connectivity index (χ2n) is 30.5. The number of nitrogens with one attached hydrogen (secondary N) is 5. The Labute approximate surface area is 539 Å². The summed E-state index contributed by atoms with van der Waals surface area (Å²) in [5.74, 6) is 4.20. The first kappa shape index (κ1) is 80.5. The Kier molecular flexibility index (Phi) is 31.3. The van der Waals surface area contributed by atoms with E-state index < -0.39 is 10.0 Å². The minimum atomic E-state index is -3.19. The summed E-state index contributed by atoms with van der Waals surface area (Å²) < 4.78 is 37.0. The maximum absolute atomic E-state index is 11.6. The third-order valence-electron chi connectivity index (χ3n) is 12.8. The van der Waals surface area contributed by atoms with Gasteiger partial charge >= 0.3 is 0 Å². The van der Waals surface area contributed by atoms with E-state index in [1.165, 1.54) is 23.6 Å². The SMILES string of the molecule is CC(=O)Nc1cccc(C(C)(C)C)c1.CC(C)(C)c1ccc(C[N+](C)(C)C)o1.CC(C)(C)c1cccc(NS(C)(=O)=O)c1.CN(C)CC(=O)Nc1cccc(C(C)(C)C)c1.CN(C)Cc1ccc(C(C)(C)C)o1.CNCC(=O)Nc1cccc(C(C)(C)C)c1. The van der Waals surface area contributed by atoms with Crippen molar-refractivity contribution in [2.45, 2.75) is 177 Å². The molecule has 496 valence electrons. The molecule has 0 aliphatic heterocycles. The van der Waals surface area contributed by atoms with Crippen molar-refractivity contribution in [2.24, 2.45) is 0 Å². The highest BCUT2D eigenvalue weighted by Gasteiger charge is 2.22. The van der Waals surface area contributed by atoms with E-state index in [0.717, 1.165) is 69.5 Å². The predicted molar refractivity (Wildman–Crippen MR) is 377 cm³/mol. The zero-order chi connectivity index (χ0) is 68.7. The molecule has 2 aromatic heterocycles. The third-order valence-corrected chi connectivity index (χ3v) is 13.4. The van der Waals surface area contributed by atoms with Crippen molar-refractivity contribution in [1.29, 1.82) is 0 Å². The zero-order valence-corrected chi connectivity index (χ0v) is 60.8. The number of carbonyl (C=O) groups excluding carboxylic acids is 3. The van der Waals surface area contributed by atoms with Crippen LogP contribution in [0.2, 0.25) is 0 Å². The van der Waals surface area contributed by atoms with Gasteiger partial charge in [-0.3, -0.25) is 19.1 Å². The molecule has 0 saturated heterocycles. The van der Waals surface area contributed by atoms with Crippen molar-refractivity contribution in [3.63, 3.8) is 0 Å². The largest absolute Gasteiger partial charge is 0.464 e. The van der Waals surface area contributed by atoms with Gasteiger partial charge in [-0.1, -0.05) is 173 Å². The summed E-state index contributed by atoms with van der Waals surface area (Å²) in [6, 6.07) is 39.7. The number of carbonyl (C=O) groups is 3. The van der Waals surface area contributed by atoms with E-state index >= 15 is 0 Å². The van der Waals surface area contributed by atoms with Gasteiger partial charge in [-0.25, -0.2) is 8.42 Å². The van der Waals surface area contributed by atoms with Crippen LogP contribution in [0.15, 0.2) is 130 Å². The van der Waals surface area contributed by atoms with Crippen LogP contribution in [0.1, 0.15) is 177 Å².